The van der Waals surface area contributed by atoms with Crippen molar-refractivity contribution in [2.24, 2.45) is 0 Å². The van der Waals surface area contributed by atoms with Gasteiger partial charge in [0.1, 0.15) is 24.2 Å². The van der Waals surface area contributed by atoms with Crippen LogP contribution in [0.3, 0.4) is 0 Å². The number of rotatable bonds is 12. The molecule has 0 saturated heterocycles. The molecule has 0 aliphatic carbocycles. The molecule has 0 aliphatic rings. The third kappa shape index (κ3) is 7.82. The van der Waals surface area contributed by atoms with Crippen LogP contribution in [0.2, 0.25) is 5.02 Å². The summed E-state index contributed by atoms with van der Waals surface area (Å²) in [5.74, 6) is -2.65. The lowest BCUT2D eigenvalue weighted by molar-refractivity contribution is -0.114. The predicted molar refractivity (Wildman–Crippen MR) is 162 cm³/mol. The van der Waals surface area contributed by atoms with Crippen LogP contribution < -0.4 is 14.8 Å². The molecule has 0 atom stereocenters. The summed E-state index contributed by atoms with van der Waals surface area (Å²) >= 11 is 6.45. The van der Waals surface area contributed by atoms with Gasteiger partial charge < -0.3 is 19.7 Å². The van der Waals surface area contributed by atoms with Gasteiger partial charge in [-0.25, -0.2) is 0 Å². The van der Waals surface area contributed by atoms with Crippen molar-refractivity contribution in [1.29, 1.82) is 5.26 Å². The van der Waals surface area contributed by atoms with E-state index >= 15 is 0 Å². The number of carbonyl (C=O) groups is 1. The SMILES string of the molecule is [2H]/C(=C\CN(C)C([2H])([2H])[2H])C(=O)Cc1c(OC([2H])([2H])C([2H])([2H])[2H])c([2H])c2nc([2H])c(C#N)c(Nc3c([2H])c([2H])c(OCc4nc(C)c([2H])c([2H])c4[2H])c(Cl)c3[2H])c2c1[2H]. The van der Waals surface area contributed by atoms with Crippen LogP contribution in [0.1, 0.15) is 54.0 Å². The lowest BCUT2D eigenvalue weighted by Crippen LogP contribution is -2.11. The number of hydrogen-bond acceptors (Lipinski definition) is 8. The number of pyridine rings is 2. The summed E-state index contributed by atoms with van der Waals surface area (Å²) in [6, 6.07) is -4.38. The quantitative estimate of drug-likeness (QED) is 0.190. The fraction of sp³-hybridized carbons (Fsp3) is 0.250. The molecule has 0 unspecified atom stereocenters. The zero-order chi connectivity index (χ0) is 44.9. The third-order valence-corrected chi connectivity index (χ3v) is 5.39. The van der Waals surface area contributed by atoms with Crippen LogP contribution in [-0.2, 0) is 17.8 Å². The molecule has 4 aromatic rings. The summed E-state index contributed by atoms with van der Waals surface area (Å²) < 4.78 is 157. The van der Waals surface area contributed by atoms with Crippen LogP contribution in [-0.4, -0.2) is 47.8 Å². The van der Waals surface area contributed by atoms with Gasteiger partial charge in [-0.3, -0.25) is 14.8 Å². The van der Waals surface area contributed by atoms with E-state index in [9.17, 15) is 11.4 Å². The first-order chi connectivity index (χ1) is 27.1. The summed E-state index contributed by atoms with van der Waals surface area (Å²) in [4.78, 5) is 22.2. The molecule has 41 heavy (non-hydrogen) atoms. The van der Waals surface area contributed by atoms with Crippen LogP contribution in [0, 0.1) is 18.3 Å². The van der Waals surface area contributed by atoms with E-state index in [2.05, 4.69) is 15.3 Å². The van der Waals surface area contributed by atoms with Crippen molar-refractivity contribution in [1.82, 2.24) is 14.9 Å². The molecule has 4 rings (SSSR count). The number of aryl methyl sites for hydroxylation is 1. The van der Waals surface area contributed by atoms with Crippen LogP contribution in [0.15, 0.2) is 66.6 Å². The second-order valence-corrected chi connectivity index (χ2v) is 8.60. The molecule has 1 N–H and O–H groups in total. The lowest BCUT2D eigenvalue weighted by Gasteiger charge is -2.16. The van der Waals surface area contributed by atoms with E-state index in [1.54, 1.807) is 6.07 Å². The number of likely N-dealkylation sites (N-methyl/N-ethyl adjacent to an activating group) is 1. The number of nitriles is 1. The predicted octanol–water partition coefficient (Wildman–Crippen LogP) is 6.41. The number of ether oxygens (including phenoxy) is 2. The normalized spacial score (nSPS) is 18.7. The maximum absolute atomic E-state index is 13.4. The molecule has 0 bridgehead atoms. The highest BCUT2D eigenvalue weighted by molar-refractivity contribution is 6.32. The zero-order valence-corrected chi connectivity index (χ0v) is 22.3. The Balaban J connectivity index is 1.96. The molecule has 2 aromatic heterocycles. The maximum Gasteiger partial charge on any atom is 0.159 e. The van der Waals surface area contributed by atoms with E-state index in [1.807, 2.05) is 0 Å². The topological polar surface area (TPSA) is 100 Å². The molecule has 0 fully saturated rings. The molecular formula is C32H32ClN5O3. The maximum atomic E-state index is 13.4. The average molecular weight is 588 g/mol. The molecule has 0 radical (unpaired) electrons. The fourth-order valence-corrected chi connectivity index (χ4v) is 3.56. The van der Waals surface area contributed by atoms with Gasteiger partial charge in [-0.15, -0.1) is 0 Å². The van der Waals surface area contributed by atoms with Crippen molar-refractivity contribution in [2.75, 3.05) is 32.4 Å². The van der Waals surface area contributed by atoms with Crippen LogP contribution in [0.25, 0.3) is 10.9 Å². The summed E-state index contributed by atoms with van der Waals surface area (Å²) in [5.41, 5.74) is -3.21. The minimum Gasteiger partial charge on any atom is -0.494 e. The summed E-state index contributed by atoms with van der Waals surface area (Å²) in [6.07, 6.45) is -0.982. The standard InChI is InChI=1S/C32H32ClN5O3/c1-5-40-31-17-29-27(15-22(31)14-26(39)10-7-13-38(3)4)32(23(18-34)19-35-29)37-24-11-12-30(28(33)16-24)41-20-25-9-6-8-21(2)36-25/h6-12,15-17,19H,5,13-14,20H2,1-4H3,(H,35,37)/b10-7+/i1D3,3D3,5D2,6D,8D,9D,10D,11D,12D,15D,16D,17D,19D. The van der Waals surface area contributed by atoms with E-state index in [0.29, 0.717) is 0 Å². The number of fused-ring (bicyclic) bond motifs is 1. The second-order valence-electron chi connectivity index (χ2n) is 8.23. The van der Waals surface area contributed by atoms with Crippen LogP contribution in [0.4, 0.5) is 11.4 Å². The number of nitrogens with zero attached hydrogens (tertiary/aromatic N) is 4. The number of allylic oxidation sites excluding steroid dienone is 1. The number of aromatic nitrogens is 2. The van der Waals surface area contributed by atoms with Crippen molar-refractivity contribution in [2.45, 2.75) is 26.8 Å². The monoisotopic (exact) mass is 587 g/mol. The minimum absolute atomic E-state index is 0.109. The van der Waals surface area contributed by atoms with E-state index < -0.39 is 150 Å². The average Bonchev–Trinajstić information content (AvgIpc) is 3.14. The highest BCUT2D eigenvalue weighted by Gasteiger charge is 2.16. The first kappa shape index (κ1) is 13.9. The van der Waals surface area contributed by atoms with E-state index in [0.717, 1.165) is 11.0 Å². The Morgan fingerprint density at radius 1 is 1.29 bits per heavy atom. The number of halogens is 1. The van der Waals surface area contributed by atoms with Crippen LogP contribution >= 0.6 is 11.6 Å². The number of benzene rings is 2. The van der Waals surface area contributed by atoms with Crippen molar-refractivity contribution in [3.63, 3.8) is 0 Å². The van der Waals surface area contributed by atoms with Gasteiger partial charge in [-0.2, -0.15) is 5.26 Å². The fourth-order valence-electron chi connectivity index (χ4n) is 3.37. The smallest absolute Gasteiger partial charge is 0.159 e. The first-order valence-corrected chi connectivity index (χ1v) is 12.0. The van der Waals surface area contributed by atoms with Crippen molar-refractivity contribution >= 4 is 39.7 Å². The lowest BCUT2D eigenvalue weighted by atomic mass is 10.0. The van der Waals surface area contributed by atoms with Gasteiger partial charge in [0, 0.05) is 55.7 Å². The number of ketones is 1. The molecular weight excluding hydrogens is 538 g/mol. The molecule has 2 aromatic carbocycles. The Labute approximate surface area is 270 Å². The van der Waals surface area contributed by atoms with Crippen molar-refractivity contribution in [3.8, 4) is 17.6 Å². The molecule has 8 nitrogen and oxygen atoms in total. The summed E-state index contributed by atoms with van der Waals surface area (Å²) in [5, 5.41) is 11.6. The third-order valence-electron chi connectivity index (χ3n) is 5.12. The van der Waals surface area contributed by atoms with Gasteiger partial charge >= 0.3 is 0 Å². The number of hydrogen-bond donors (Lipinski definition) is 1. The zero-order valence-electron chi connectivity index (χ0n) is 39.6. The van der Waals surface area contributed by atoms with Gasteiger partial charge in [0.2, 0.25) is 0 Å². The summed E-state index contributed by atoms with van der Waals surface area (Å²) in [6.45, 7) is -9.21. The number of anilines is 2. The van der Waals surface area contributed by atoms with Crippen LogP contribution in [0.5, 0.6) is 11.5 Å². The largest absolute Gasteiger partial charge is 0.494 e. The number of carbonyl (C=O) groups excluding carboxylic acids is 1. The Hall–Kier alpha value is -4.45. The highest BCUT2D eigenvalue weighted by atomic mass is 35.5. The van der Waals surface area contributed by atoms with E-state index in [1.165, 1.54) is 14.0 Å². The minimum atomic E-state index is -3.56. The highest BCUT2D eigenvalue weighted by Crippen LogP contribution is 2.36. The Morgan fingerprint density at radius 3 is 2.98 bits per heavy atom. The second kappa shape index (κ2) is 13.8. The van der Waals surface area contributed by atoms with Gasteiger partial charge in [-0.05, 0) is 70.1 Å². The molecule has 2 heterocycles. The Kier molecular flexibility index (Phi) is 4.68. The molecule has 210 valence electrons. The Bertz CT molecular complexity index is 2420. The molecule has 0 saturated carbocycles. The van der Waals surface area contributed by atoms with Gasteiger partial charge in [0.15, 0.2) is 5.78 Å². The Morgan fingerprint density at radius 2 is 2.17 bits per heavy atom. The molecule has 0 amide bonds. The molecule has 9 heteroatoms. The van der Waals surface area contributed by atoms with E-state index in [-0.39, 0.29) is 17.4 Å². The number of nitrogens with one attached hydrogen (secondary N) is 1. The van der Waals surface area contributed by atoms with E-state index in [4.69, 9.17) is 44.4 Å². The van der Waals surface area contributed by atoms with Crippen molar-refractivity contribution < 1.29 is 38.9 Å². The summed E-state index contributed by atoms with van der Waals surface area (Å²) in [7, 11) is 1.19. The first-order valence-electron chi connectivity index (χ1n) is 20.7. The van der Waals surface area contributed by atoms with Gasteiger partial charge in [-0.1, -0.05) is 23.7 Å². The molecule has 0 aliphatic heterocycles. The molecule has 0 spiro atoms. The van der Waals surface area contributed by atoms with Crippen molar-refractivity contribution in [3.05, 3.63) is 94.2 Å². The van der Waals surface area contributed by atoms with Gasteiger partial charge in [0.25, 0.3) is 0 Å². The van der Waals surface area contributed by atoms with Gasteiger partial charge in [0.05, 0.1) is 50.5 Å².